The summed E-state index contributed by atoms with van der Waals surface area (Å²) < 4.78 is 38.8. The number of halogens is 1. The highest BCUT2D eigenvalue weighted by molar-refractivity contribution is 7.92. The van der Waals surface area contributed by atoms with Crippen LogP contribution in [0.5, 0.6) is 11.5 Å². The first kappa shape index (κ1) is 22.9. The third kappa shape index (κ3) is 5.23. The average Bonchev–Trinajstić information content (AvgIpc) is 2.78. The van der Waals surface area contributed by atoms with E-state index in [1.807, 2.05) is 32.0 Å². The molecule has 4 rings (SSSR count). The Bertz CT molecular complexity index is 1290. The number of benzene rings is 3. The van der Waals surface area contributed by atoms with Crippen molar-refractivity contribution in [2.45, 2.75) is 24.8 Å². The molecule has 3 aromatic carbocycles. The van der Waals surface area contributed by atoms with E-state index in [0.29, 0.717) is 24.7 Å². The van der Waals surface area contributed by atoms with Gasteiger partial charge < -0.3 is 14.8 Å². The van der Waals surface area contributed by atoms with Crippen molar-refractivity contribution in [1.29, 1.82) is 0 Å². The monoisotopic (exact) mass is 486 g/mol. The molecule has 0 saturated heterocycles. The molecule has 0 aromatic heterocycles. The van der Waals surface area contributed by atoms with Gasteiger partial charge in [-0.3, -0.25) is 9.52 Å². The third-order valence-electron chi connectivity index (χ3n) is 5.21. The van der Waals surface area contributed by atoms with E-state index < -0.39 is 10.0 Å². The summed E-state index contributed by atoms with van der Waals surface area (Å²) in [5, 5.41) is 3.03. The minimum Gasteiger partial charge on any atom is -0.486 e. The first-order valence-corrected chi connectivity index (χ1v) is 12.2. The Labute approximate surface area is 197 Å². The lowest BCUT2D eigenvalue weighted by Crippen LogP contribution is -2.27. The summed E-state index contributed by atoms with van der Waals surface area (Å²) in [6.45, 7) is 4.71. The molecule has 0 saturated carbocycles. The van der Waals surface area contributed by atoms with E-state index in [0.717, 1.165) is 11.1 Å². The number of aryl methyl sites for hydroxylation is 1. The number of carbonyl (C=O) groups is 1. The van der Waals surface area contributed by atoms with Crippen LogP contribution in [0.1, 0.15) is 34.5 Å². The molecule has 33 heavy (non-hydrogen) atoms. The van der Waals surface area contributed by atoms with Crippen molar-refractivity contribution in [3.8, 4) is 11.5 Å². The Balaban J connectivity index is 1.46. The van der Waals surface area contributed by atoms with Crippen molar-refractivity contribution in [3.63, 3.8) is 0 Å². The predicted molar refractivity (Wildman–Crippen MR) is 127 cm³/mol. The Morgan fingerprint density at radius 3 is 2.36 bits per heavy atom. The fraction of sp³-hybridized carbons (Fsp3) is 0.208. The van der Waals surface area contributed by atoms with Crippen molar-refractivity contribution in [1.82, 2.24) is 5.32 Å². The fourth-order valence-electron chi connectivity index (χ4n) is 3.38. The first-order chi connectivity index (χ1) is 15.7. The van der Waals surface area contributed by atoms with E-state index in [-0.39, 0.29) is 33.1 Å². The van der Waals surface area contributed by atoms with Gasteiger partial charge in [0.25, 0.3) is 15.9 Å². The third-order valence-corrected chi connectivity index (χ3v) is 6.92. The molecule has 1 amide bonds. The Hall–Kier alpha value is -3.23. The van der Waals surface area contributed by atoms with Gasteiger partial charge in [-0.25, -0.2) is 8.42 Å². The molecule has 0 fully saturated rings. The average molecular weight is 487 g/mol. The van der Waals surface area contributed by atoms with Crippen LogP contribution in [-0.4, -0.2) is 27.5 Å². The van der Waals surface area contributed by atoms with Gasteiger partial charge >= 0.3 is 0 Å². The van der Waals surface area contributed by atoms with E-state index in [2.05, 4.69) is 10.0 Å². The molecule has 0 unspecified atom stereocenters. The Morgan fingerprint density at radius 2 is 1.67 bits per heavy atom. The number of hydrogen-bond acceptors (Lipinski definition) is 5. The van der Waals surface area contributed by atoms with Crippen LogP contribution in [0.2, 0.25) is 5.02 Å². The summed E-state index contributed by atoms with van der Waals surface area (Å²) in [7, 11) is -3.77. The highest BCUT2D eigenvalue weighted by atomic mass is 35.5. The lowest BCUT2D eigenvalue weighted by atomic mass is 10.1. The molecule has 0 aliphatic carbocycles. The largest absolute Gasteiger partial charge is 0.486 e. The number of ether oxygens (including phenoxy) is 2. The molecule has 3 aromatic rings. The van der Waals surface area contributed by atoms with E-state index in [1.54, 1.807) is 12.1 Å². The molecule has 0 bridgehead atoms. The van der Waals surface area contributed by atoms with Crippen LogP contribution in [0.3, 0.4) is 0 Å². The molecular weight excluding hydrogens is 464 g/mol. The van der Waals surface area contributed by atoms with Crippen molar-refractivity contribution < 1.29 is 22.7 Å². The molecule has 1 aliphatic rings. The van der Waals surface area contributed by atoms with Crippen molar-refractivity contribution in [3.05, 3.63) is 82.4 Å². The lowest BCUT2D eigenvalue weighted by Gasteiger charge is -2.21. The standard InChI is InChI=1S/C24H23ClN2O5S/c1-15-3-7-19(8-4-15)33(29,30)27-18-6-9-20(21(25)14-18)24(28)26-16(2)17-5-10-22-23(13-17)32-12-11-31-22/h3-10,13-14,16,27H,11-12H2,1-2H3,(H,26,28)/t16-/m0/s1. The first-order valence-electron chi connectivity index (χ1n) is 10.3. The predicted octanol–water partition coefficient (Wildman–Crippen LogP) is 4.71. The number of nitrogens with one attached hydrogen (secondary N) is 2. The summed E-state index contributed by atoms with van der Waals surface area (Å²) in [5.74, 6) is 0.939. The van der Waals surface area contributed by atoms with Gasteiger partial charge in [-0.2, -0.15) is 0 Å². The zero-order valence-electron chi connectivity index (χ0n) is 18.1. The smallest absolute Gasteiger partial charge is 0.261 e. The maximum atomic E-state index is 12.8. The van der Waals surface area contributed by atoms with Crippen LogP contribution in [0.15, 0.2) is 65.6 Å². The number of anilines is 1. The molecule has 0 spiro atoms. The van der Waals surface area contributed by atoms with Crippen molar-refractivity contribution >= 4 is 33.2 Å². The zero-order chi connectivity index (χ0) is 23.6. The molecule has 172 valence electrons. The number of hydrogen-bond donors (Lipinski definition) is 2. The van der Waals surface area contributed by atoms with E-state index in [4.69, 9.17) is 21.1 Å². The summed E-state index contributed by atoms with van der Waals surface area (Å²) in [6.07, 6.45) is 0. The van der Waals surface area contributed by atoms with Crippen LogP contribution in [0, 0.1) is 6.92 Å². The van der Waals surface area contributed by atoms with Gasteiger partial charge in [0, 0.05) is 0 Å². The second-order valence-corrected chi connectivity index (χ2v) is 9.80. The lowest BCUT2D eigenvalue weighted by molar-refractivity contribution is 0.0940. The Kier molecular flexibility index (Phi) is 6.49. The highest BCUT2D eigenvalue weighted by Gasteiger charge is 2.19. The number of rotatable bonds is 6. The summed E-state index contributed by atoms with van der Waals surface area (Å²) >= 11 is 6.31. The van der Waals surface area contributed by atoms with Crippen LogP contribution >= 0.6 is 11.6 Å². The van der Waals surface area contributed by atoms with E-state index >= 15 is 0 Å². The van der Waals surface area contributed by atoms with Gasteiger partial charge in [0.05, 0.1) is 27.2 Å². The van der Waals surface area contributed by atoms with Gasteiger partial charge in [0.15, 0.2) is 11.5 Å². The Morgan fingerprint density at radius 1 is 0.970 bits per heavy atom. The minimum atomic E-state index is -3.77. The molecular formula is C24H23ClN2O5S. The van der Waals surface area contributed by atoms with Gasteiger partial charge in [0.2, 0.25) is 0 Å². The molecule has 0 radical (unpaired) electrons. The highest BCUT2D eigenvalue weighted by Crippen LogP contribution is 2.33. The van der Waals surface area contributed by atoms with Crippen molar-refractivity contribution in [2.24, 2.45) is 0 Å². The summed E-state index contributed by atoms with van der Waals surface area (Å²) in [5.41, 5.74) is 2.31. The van der Waals surface area contributed by atoms with E-state index in [9.17, 15) is 13.2 Å². The number of fused-ring (bicyclic) bond motifs is 1. The van der Waals surface area contributed by atoms with Gasteiger partial charge in [-0.1, -0.05) is 35.4 Å². The maximum absolute atomic E-state index is 12.8. The molecule has 1 atom stereocenters. The number of amides is 1. The number of carbonyl (C=O) groups excluding carboxylic acids is 1. The molecule has 9 heteroatoms. The SMILES string of the molecule is Cc1ccc(S(=O)(=O)Nc2ccc(C(=O)N[C@@H](C)c3ccc4c(c3)OCCO4)c(Cl)c2)cc1. The minimum absolute atomic E-state index is 0.131. The molecule has 2 N–H and O–H groups in total. The quantitative estimate of drug-likeness (QED) is 0.526. The van der Waals surface area contributed by atoms with E-state index in [1.165, 1.54) is 30.3 Å². The molecule has 7 nitrogen and oxygen atoms in total. The summed E-state index contributed by atoms with van der Waals surface area (Å²) in [6, 6.07) is 16.1. The second kappa shape index (κ2) is 9.33. The zero-order valence-corrected chi connectivity index (χ0v) is 19.7. The normalized spacial score (nSPS) is 13.8. The van der Waals surface area contributed by atoms with Crippen LogP contribution < -0.4 is 19.5 Å². The van der Waals surface area contributed by atoms with Crippen LogP contribution in [0.4, 0.5) is 5.69 Å². The molecule has 1 heterocycles. The van der Waals surface area contributed by atoms with Crippen LogP contribution in [0.25, 0.3) is 0 Å². The van der Waals surface area contributed by atoms with Gasteiger partial charge in [0.1, 0.15) is 13.2 Å². The fourth-order valence-corrected chi connectivity index (χ4v) is 4.70. The van der Waals surface area contributed by atoms with Gasteiger partial charge in [-0.05, 0) is 61.9 Å². The second-order valence-electron chi connectivity index (χ2n) is 7.71. The molecule has 1 aliphatic heterocycles. The summed E-state index contributed by atoms with van der Waals surface area (Å²) in [4.78, 5) is 12.9. The maximum Gasteiger partial charge on any atom is 0.261 e. The number of sulfonamides is 1. The van der Waals surface area contributed by atoms with Crippen LogP contribution in [-0.2, 0) is 10.0 Å². The topological polar surface area (TPSA) is 93.7 Å². The van der Waals surface area contributed by atoms with Crippen molar-refractivity contribution in [2.75, 3.05) is 17.9 Å². The van der Waals surface area contributed by atoms with Gasteiger partial charge in [-0.15, -0.1) is 0 Å².